The van der Waals surface area contributed by atoms with Crippen molar-refractivity contribution in [1.29, 1.82) is 0 Å². The molecule has 2 aliphatic rings. The average Bonchev–Trinajstić information content (AvgIpc) is 3.13. The molecule has 0 spiro atoms. The van der Waals surface area contributed by atoms with Crippen LogP contribution in [0, 0.1) is 0 Å². The number of nitrogens with two attached hydrogens (primary N) is 1. The zero-order valence-corrected chi connectivity index (χ0v) is 13.5. The Morgan fingerprint density at radius 3 is 2.73 bits per heavy atom. The van der Waals surface area contributed by atoms with E-state index >= 15 is 0 Å². The lowest BCUT2D eigenvalue weighted by Crippen LogP contribution is -2.27. The fraction of sp³-hybridized carbons (Fsp3) is 0.235. The Morgan fingerprint density at radius 2 is 1.95 bits per heavy atom. The molecule has 0 saturated carbocycles. The van der Waals surface area contributed by atoms with Gasteiger partial charge in [-0.1, -0.05) is 34.1 Å². The number of aliphatic imine (C=N–C) groups is 1. The third kappa shape index (κ3) is 2.08. The first-order valence-electron chi connectivity index (χ1n) is 7.18. The van der Waals surface area contributed by atoms with Crippen molar-refractivity contribution in [1.82, 2.24) is 0 Å². The molecule has 4 rings (SSSR count). The number of nitrogens with zero attached hydrogens (tertiary/aromatic N) is 1. The highest BCUT2D eigenvalue weighted by atomic mass is 79.9. The SMILES string of the molecule is NC1=N[C@](c2cccc(Br)c2)(c2ccc3c(c2)CCO3)CO1. The first-order valence-corrected chi connectivity index (χ1v) is 7.97. The maximum absolute atomic E-state index is 5.83. The molecule has 0 unspecified atom stereocenters. The van der Waals surface area contributed by atoms with Gasteiger partial charge in [-0.15, -0.1) is 0 Å². The summed E-state index contributed by atoms with van der Waals surface area (Å²) in [6, 6.07) is 14.6. The number of hydrogen-bond donors (Lipinski definition) is 1. The minimum Gasteiger partial charge on any atom is -0.493 e. The molecule has 4 nitrogen and oxygen atoms in total. The summed E-state index contributed by atoms with van der Waals surface area (Å²) in [6.07, 6.45) is 0.928. The number of hydrogen-bond acceptors (Lipinski definition) is 4. The fourth-order valence-electron chi connectivity index (χ4n) is 3.08. The van der Waals surface area contributed by atoms with Gasteiger partial charge in [0, 0.05) is 10.9 Å². The van der Waals surface area contributed by atoms with E-state index in [-0.39, 0.29) is 6.02 Å². The van der Waals surface area contributed by atoms with E-state index in [0.29, 0.717) is 6.61 Å². The highest BCUT2D eigenvalue weighted by molar-refractivity contribution is 9.10. The standard InChI is InChI=1S/C17H15BrN2O2/c18-14-3-1-2-12(9-14)17(10-22-16(19)20-17)13-4-5-15-11(8-13)6-7-21-15/h1-5,8-9H,6-7,10H2,(H2,19,20)/t17-/m1/s1. The Hall–Kier alpha value is -2.01. The molecule has 0 aliphatic carbocycles. The van der Waals surface area contributed by atoms with Crippen LogP contribution in [-0.2, 0) is 16.7 Å². The second-order valence-corrected chi connectivity index (χ2v) is 6.45. The van der Waals surface area contributed by atoms with Crippen LogP contribution in [0.2, 0.25) is 0 Å². The Kier molecular flexibility index (Phi) is 3.11. The maximum Gasteiger partial charge on any atom is 0.283 e. The molecule has 0 bridgehead atoms. The lowest BCUT2D eigenvalue weighted by atomic mass is 9.83. The van der Waals surface area contributed by atoms with Crippen LogP contribution in [0.1, 0.15) is 16.7 Å². The molecule has 0 radical (unpaired) electrons. The molecule has 0 saturated heterocycles. The van der Waals surface area contributed by atoms with Crippen LogP contribution in [0.4, 0.5) is 0 Å². The van der Waals surface area contributed by atoms with Crippen molar-refractivity contribution in [2.45, 2.75) is 12.0 Å². The smallest absolute Gasteiger partial charge is 0.283 e. The highest BCUT2D eigenvalue weighted by Gasteiger charge is 2.40. The zero-order chi connectivity index (χ0) is 15.2. The number of ether oxygens (including phenoxy) is 2. The maximum atomic E-state index is 5.83. The predicted octanol–water partition coefficient (Wildman–Crippen LogP) is 2.97. The van der Waals surface area contributed by atoms with E-state index in [9.17, 15) is 0 Å². The van der Waals surface area contributed by atoms with Gasteiger partial charge in [0.05, 0.1) is 6.61 Å². The van der Waals surface area contributed by atoms with Gasteiger partial charge in [0.15, 0.2) is 5.54 Å². The summed E-state index contributed by atoms with van der Waals surface area (Å²) in [5, 5.41) is 0. The van der Waals surface area contributed by atoms with E-state index in [0.717, 1.165) is 34.4 Å². The van der Waals surface area contributed by atoms with Crippen molar-refractivity contribution >= 4 is 22.0 Å². The van der Waals surface area contributed by atoms with Gasteiger partial charge in [-0.05, 0) is 41.0 Å². The Balaban J connectivity index is 1.89. The molecule has 1 atom stereocenters. The highest BCUT2D eigenvalue weighted by Crippen LogP contribution is 2.40. The summed E-state index contributed by atoms with van der Waals surface area (Å²) >= 11 is 3.53. The van der Waals surface area contributed by atoms with Crippen LogP contribution in [-0.4, -0.2) is 19.2 Å². The van der Waals surface area contributed by atoms with Gasteiger partial charge >= 0.3 is 0 Å². The third-order valence-corrected chi connectivity index (χ3v) is 4.69. The van der Waals surface area contributed by atoms with E-state index in [2.05, 4.69) is 45.2 Å². The average molecular weight is 359 g/mol. The molecular formula is C17H15BrN2O2. The molecule has 2 aromatic carbocycles. The number of benzene rings is 2. The number of rotatable bonds is 2. The molecule has 0 amide bonds. The summed E-state index contributed by atoms with van der Waals surface area (Å²) in [4.78, 5) is 4.64. The summed E-state index contributed by atoms with van der Waals surface area (Å²) in [7, 11) is 0. The van der Waals surface area contributed by atoms with Gasteiger partial charge in [0.2, 0.25) is 0 Å². The topological polar surface area (TPSA) is 56.8 Å². The van der Waals surface area contributed by atoms with Crippen molar-refractivity contribution < 1.29 is 9.47 Å². The molecule has 112 valence electrons. The van der Waals surface area contributed by atoms with Gasteiger partial charge in [-0.25, -0.2) is 4.99 Å². The van der Waals surface area contributed by atoms with E-state index in [4.69, 9.17) is 15.2 Å². The molecule has 2 aromatic rings. The molecule has 2 N–H and O–H groups in total. The molecule has 2 heterocycles. The van der Waals surface area contributed by atoms with Crippen LogP contribution in [0.5, 0.6) is 5.75 Å². The van der Waals surface area contributed by atoms with Gasteiger partial charge < -0.3 is 15.2 Å². The molecular weight excluding hydrogens is 344 g/mol. The lowest BCUT2D eigenvalue weighted by molar-refractivity contribution is 0.278. The second-order valence-electron chi connectivity index (χ2n) is 5.53. The Morgan fingerprint density at radius 1 is 1.09 bits per heavy atom. The van der Waals surface area contributed by atoms with Gasteiger partial charge in [0.25, 0.3) is 6.02 Å². The fourth-order valence-corrected chi connectivity index (χ4v) is 3.48. The van der Waals surface area contributed by atoms with Crippen molar-refractivity contribution in [3.05, 3.63) is 63.6 Å². The van der Waals surface area contributed by atoms with Crippen LogP contribution in [0.25, 0.3) is 0 Å². The number of fused-ring (bicyclic) bond motifs is 1. The molecule has 22 heavy (non-hydrogen) atoms. The number of halogens is 1. The van der Waals surface area contributed by atoms with Gasteiger partial charge in [-0.3, -0.25) is 0 Å². The van der Waals surface area contributed by atoms with E-state index in [1.807, 2.05) is 18.2 Å². The van der Waals surface area contributed by atoms with E-state index in [1.54, 1.807) is 0 Å². The molecule has 0 fully saturated rings. The summed E-state index contributed by atoms with van der Waals surface area (Å²) < 4.78 is 12.1. The van der Waals surface area contributed by atoms with Gasteiger partial charge in [0.1, 0.15) is 12.4 Å². The monoisotopic (exact) mass is 358 g/mol. The zero-order valence-electron chi connectivity index (χ0n) is 11.9. The summed E-state index contributed by atoms with van der Waals surface area (Å²) in [5.74, 6) is 0.962. The van der Waals surface area contributed by atoms with Crippen LogP contribution >= 0.6 is 15.9 Å². The normalized spacial score (nSPS) is 22.7. The van der Waals surface area contributed by atoms with E-state index in [1.165, 1.54) is 5.56 Å². The Labute approximate surface area is 137 Å². The predicted molar refractivity (Wildman–Crippen MR) is 88.1 cm³/mol. The number of amidine groups is 1. The summed E-state index contributed by atoms with van der Waals surface area (Å²) in [6.45, 7) is 1.15. The van der Waals surface area contributed by atoms with Crippen LogP contribution < -0.4 is 10.5 Å². The van der Waals surface area contributed by atoms with Crippen LogP contribution in [0.15, 0.2) is 51.9 Å². The quantitative estimate of drug-likeness (QED) is 0.897. The lowest BCUT2D eigenvalue weighted by Gasteiger charge is -2.26. The van der Waals surface area contributed by atoms with Crippen molar-refractivity contribution in [2.24, 2.45) is 10.7 Å². The second kappa shape index (κ2) is 5.02. The van der Waals surface area contributed by atoms with Crippen molar-refractivity contribution in [2.75, 3.05) is 13.2 Å². The minimum absolute atomic E-state index is 0.233. The van der Waals surface area contributed by atoms with Gasteiger partial charge in [-0.2, -0.15) is 0 Å². The first kappa shape index (κ1) is 13.6. The van der Waals surface area contributed by atoms with Crippen molar-refractivity contribution in [3.63, 3.8) is 0 Å². The molecule has 0 aromatic heterocycles. The third-order valence-electron chi connectivity index (χ3n) is 4.20. The van der Waals surface area contributed by atoms with Crippen molar-refractivity contribution in [3.8, 4) is 5.75 Å². The first-order chi connectivity index (χ1) is 10.7. The summed E-state index contributed by atoms with van der Waals surface area (Å²) in [5.41, 5.74) is 8.59. The van der Waals surface area contributed by atoms with E-state index < -0.39 is 5.54 Å². The van der Waals surface area contributed by atoms with Crippen LogP contribution in [0.3, 0.4) is 0 Å². The largest absolute Gasteiger partial charge is 0.493 e. The molecule has 2 aliphatic heterocycles. The Bertz CT molecular complexity index is 775. The minimum atomic E-state index is -0.592. The molecule has 5 heteroatoms.